The quantitative estimate of drug-likeness (QED) is 0.618. The summed E-state index contributed by atoms with van der Waals surface area (Å²) < 4.78 is 43.1. The van der Waals surface area contributed by atoms with Gasteiger partial charge in [0.05, 0.1) is 11.2 Å². The van der Waals surface area contributed by atoms with Gasteiger partial charge in [0.15, 0.2) is 6.61 Å². The smallest absolute Gasteiger partial charge is 0.425 e. The molecule has 1 fully saturated rings. The Labute approximate surface area is 186 Å². The summed E-state index contributed by atoms with van der Waals surface area (Å²) in [6.45, 7) is 5.14. The van der Waals surface area contributed by atoms with Crippen LogP contribution in [0.25, 0.3) is 10.9 Å². The predicted octanol–water partition coefficient (Wildman–Crippen LogP) is 3.79. The highest BCUT2D eigenvalue weighted by molar-refractivity contribution is 7.10. The van der Waals surface area contributed by atoms with Crippen LogP contribution < -0.4 is 15.0 Å². The Balaban J connectivity index is 1.41. The molecule has 2 aromatic heterocycles. The molecule has 3 heterocycles. The molecule has 0 spiro atoms. The van der Waals surface area contributed by atoms with Crippen molar-refractivity contribution in [2.45, 2.75) is 13.1 Å². The van der Waals surface area contributed by atoms with Gasteiger partial charge in [-0.2, -0.15) is 13.2 Å². The van der Waals surface area contributed by atoms with Crippen LogP contribution in [-0.2, 0) is 11.0 Å². The lowest BCUT2D eigenvalue weighted by molar-refractivity contribution is -0.134. The van der Waals surface area contributed by atoms with Gasteiger partial charge in [0.2, 0.25) is 5.95 Å². The van der Waals surface area contributed by atoms with E-state index in [1.54, 1.807) is 12.1 Å². The number of aryl methyl sites for hydroxylation is 1. The molecule has 3 aromatic rings. The number of thiophene rings is 1. The van der Waals surface area contributed by atoms with Crippen molar-refractivity contribution < 1.29 is 22.7 Å². The van der Waals surface area contributed by atoms with E-state index in [1.807, 2.05) is 13.0 Å². The number of ether oxygens (including phenoxy) is 1. The Hall–Kier alpha value is -2.92. The van der Waals surface area contributed by atoms with Crippen LogP contribution in [0.1, 0.15) is 10.6 Å². The number of carbonyl (C=O) groups excluding carboxylic acids is 1. The number of amides is 1. The van der Waals surface area contributed by atoms with Gasteiger partial charge in [0.25, 0.3) is 5.91 Å². The summed E-state index contributed by atoms with van der Waals surface area (Å²) in [6.07, 6.45) is -4.43. The number of piperazine rings is 1. The molecule has 170 valence electrons. The van der Waals surface area contributed by atoms with Gasteiger partial charge in [-0.15, -0.1) is 11.3 Å². The first kappa shape index (κ1) is 22.3. The number of alkyl halides is 3. The summed E-state index contributed by atoms with van der Waals surface area (Å²) in [5.41, 5.74) is 2.11. The van der Waals surface area contributed by atoms with Gasteiger partial charge in [-0.3, -0.25) is 4.79 Å². The number of nitrogens with zero attached hydrogens (tertiary/aromatic N) is 4. The highest BCUT2D eigenvalue weighted by Gasteiger charge is 2.32. The Bertz CT molecular complexity index is 1130. The first-order valence-corrected chi connectivity index (χ1v) is 10.9. The number of rotatable bonds is 5. The van der Waals surface area contributed by atoms with Gasteiger partial charge in [-0.1, -0.05) is 0 Å². The SMILES string of the molecule is Cc1nc(N2CCN(C)CC2)nc2ccc(NC(=O)COc3csc(C(F)(F)F)c3)cc12. The third kappa shape index (κ3) is 5.10. The Morgan fingerprint density at radius 2 is 1.94 bits per heavy atom. The molecule has 1 aromatic carbocycles. The zero-order chi connectivity index (χ0) is 22.9. The first-order valence-electron chi connectivity index (χ1n) is 9.99. The number of hydrogen-bond donors (Lipinski definition) is 1. The predicted molar refractivity (Wildman–Crippen MR) is 117 cm³/mol. The van der Waals surface area contributed by atoms with Crippen LogP contribution in [0.4, 0.5) is 24.8 Å². The number of fused-ring (bicyclic) bond motifs is 1. The topological polar surface area (TPSA) is 70.6 Å². The minimum absolute atomic E-state index is 0.0108. The van der Waals surface area contributed by atoms with E-state index in [2.05, 4.69) is 32.1 Å². The lowest BCUT2D eigenvalue weighted by Crippen LogP contribution is -2.45. The van der Waals surface area contributed by atoms with Crippen molar-refractivity contribution in [1.82, 2.24) is 14.9 Å². The number of benzene rings is 1. The number of anilines is 2. The highest BCUT2D eigenvalue weighted by Crippen LogP contribution is 2.36. The standard InChI is InChI=1S/C21H22F3N5O2S/c1-13-16-9-14(26-19(30)11-31-15-10-18(32-12-15)21(22,23)24)3-4-17(16)27-20(25-13)29-7-5-28(2)6-8-29/h3-4,9-10,12H,5-8,11H2,1-2H3,(H,26,30). The molecular formula is C21H22F3N5O2S. The van der Waals surface area contributed by atoms with E-state index in [9.17, 15) is 18.0 Å². The number of halogens is 3. The van der Waals surface area contributed by atoms with Gasteiger partial charge >= 0.3 is 6.18 Å². The van der Waals surface area contributed by atoms with Gasteiger partial charge in [-0.25, -0.2) is 9.97 Å². The number of aromatic nitrogens is 2. The molecule has 1 N–H and O–H groups in total. The first-order chi connectivity index (χ1) is 15.2. The van der Waals surface area contributed by atoms with Gasteiger partial charge in [0.1, 0.15) is 10.6 Å². The van der Waals surface area contributed by atoms with Gasteiger partial charge in [-0.05, 0) is 32.2 Å². The summed E-state index contributed by atoms with van der Waals surface area (Å²) in [5.74, 6) is 0.232. The van der Waals surface area contributed by atoms with Crippen molar-refractivity contribution in [3.05, 3.63) is 40.2 Å². The van der Waals surface area contributed by atoms with Crippen LogP contribution in [0, 0.1) is 6.92 Å². The minimum Gasteiger partial charge on any atom is -0.483 e. The lowest BCUT2D eigenvalue weighted by Gasteiger charge is -2.32. The zero-order valence-corrected chi connectivity index (χ0v) is 18.4. The minimum atomic E-state index is -4.43. The summed E-state index contributed by atoms with van der Waals surface area (Å²) >= 11 is 0.525. The number of carbonyl (C=O) groups is 1. The average molecular weight is 466 g/mol. The molecule has 0 saturated carbocycles. The molecule has 1 saturated heterocycles. The van der Waals surface area contributed by atoms with E-state index in [0.717, 1.165) is 48.8 Å². The van der Waals surface area contributed by atoms with E-state index in [-0.39, 0.29) is 5.75 Å². The van der Waals surface area contributed by atoms with Crippen molar-refractivity contribution in [2.24, 2.45) is 0 Å². The number of hydrogen-bond acceptors (Lipinski definition) is 7. The molecule has 1 aliphatic rings. The lowest BCUT2D eigenvalue weighted by atomic mass is 10.1. The Morgan fingerprint density at radius 1 is 1.19 bits per heavy atom. The molecule has 0 radical (unpaired) electrons. The molecule has 0 atom stereocenters. The van der Waals surface area contributed by atoms with Crippen LogP contribution >= 0.6 is 11.3 Å². The van der Waals surface area contributed by atoms with E-state index in [0.29, 0.717) is 23.0 Å². The molecule has 1 aliphatic heterocycles. The van der Waals surface area contributed by atoms with Crippen molar-refractivity contribution >= 4 is 39.8 Å². The number of nitrogens with one attached hydrogen (secondary N) is 1. The van der Waals surface area contributed by atoms with Crippen LogP contribution in [0.3, 0.4) is 0 Å². The Kier molecular flexibility index (Phi) is 6.20. The second-order valence-electron chi connectivity index (χ2n) is 7.61. The molecular weight excluding hydrogens is 443 g/mol. The third-order valence-corrected chi connectivity index (χ3v) is 6.12. The summed E-state index contributed by atoms with van der Waals surface area (Å²) in [4.78, 5) is 25.2. The fourth-order valence-electron chi connectivity index (χ4n) is 3.38. The second kappa shape index (κ2) is 8.91. The van der Waals surface area contributed by atoms with Crippen molar-refractivity contribution in [3.63, 3.8) is 0 Å². The molecule has 4 rings (SSSR count). The fraction of sp³-hybridized carbons (Fsp3) is 0.381. The third-order valence-electron chi connectivity index (χ3n) is 5.17. The molecule has 0 aliphatic carbocycles. The molecule has 32 heavy (non-hydrogen) atoms. The summed E-state index contributed by atoms with van der Waals surface area (Å²) in [7, 11) is 2.09. The van der Waals surface area contributed by atoms with Crippen LogP contribution in [0.2, 0.25) is 0 Å². The number of likely N-dealkylation sites (N-methyl/N-ethyl adjacent to an activating group) is 1. The second-order valence-corrected chi connectivity index (χ2v) is 8.52. The van der Waals surface area contributed by atoms with E-state index < -0.39 is 23.6 Å². The van der Waals surface area contributed by atoms with E-state index in [1.165, 1.54) is 5.38 Å². The van der Waals surface area contributed by atoms with Crippen LogP contribution in [0.15, 0.2) is 29.6 Å². The van der Waals surface area contributed by atoms with Crippen molar-refractivity contribution in [1.29, 1.82) is 0 Å². The van der Waals surface area contributed by atoms with Gasteiger partial charge < -0.3 is 19.9 Å². The monoisotopic (exact) mass is 465 g/mol. The highest BCUT2D eigenvalue weighted by atomic mass is 32.1. The Morgan fingerprint density at radius 3 is 2.62 bits per heavy atom. The summed E-state index contributed by atoms with van der Waals surface area (Å²) in [5, 5.41) is 4.74. The van der Waals surface area contributed by atoms with Gasteiger partial charge in [0, 0.05) is 48.7 Å². The maximum atomic E-state index is 12.7. The maximum absolute atomic E-state index is 12.7. The van der Waals surface area contributed by atoms with Crippen molar-refractivity contribution in [3.8, 4) is 5.75 Å². The normalized spacial score (nSPS) is 15.2. The average Bonchev–Trinajstić information content (AvgIpc) is 3.23. The van der Waals surface area contributed by atoms with E-state index in [4.69, 9.17) is 4.74 Å². The fourth-order valence-corrected chi connectivity index (χ4v) is 4.08. The molecule has 7 nitrogen and oxygen atoms in total. The summed E-state index contributed by atoms with van der Waals surface area (Å²) in [6, 6.07) is 6.20. The molecule has 0 bridgehead atoms. The maximum Gasteiger partial charge on any atom is 0.425 e. The molecule has 0 unspecified atom stereocenters. The largest absolute Gasteiger partial charge is 0.483 e. The van der Waals surface area contributed by atoms with Crippen LogP contribution in [0.5, 0.6) is 5.75 Å². The van der Waals surface area contributed by atoms with Crippen molar-refractivity contribution in [2.75, 3.05) is 50.1 Å². The van der Waals surface area contributed by atoms with Crippen LogP contribution in [-0.4, -0.2) is 60.6 Å². The van der Waals surface area contributed by atoms with E-state index >= 15 is 0 Å². The zero-order valence-electron chi connectivity index (χ0n) is 17.6. The molecule has 11 heteroatoms. The molecule has 1 amide bonds.